The molecule has 1 aromatic rings. The molecule has 1 fully saturated rings. The summed E-state index contributed by atoms with van der Waals surface area (Å²) >= 11 is 0. The number of likely N-dealkylation sites (tertiary alicyclic amines) is 1. The number of hydrogen-bond acceptors (Lipinski definition) is 4. The molecule has 0 saturated carbocycles. The molecule has 0 bridgehead atoms. The molecule has 2 atom stereocenters. The lowest BCUT2D eigenvalue weighted by Crippen LogP contribution is -2.45. The van der Waals surface area contributed by atoms with Crippen molar-refractivity contribution in [2.24, 2.45) is 0 Å². The number of ether oxygens (including phenoxy) is 2. The van der Waals surface area contributed by atoms with Crippen LogP contribution in [0, 0.1) is 0 Å². The van der Waals surface area contributed by atoms with Gasteiger partial charge in [-0.15, -0.1) is 0 Å². The van der Waals surface area contributed by atoms with Crippen LogP contribution in [-0.2, 0) is 5.60 Å². The average molecular weight is 265 g/mol. The van der Waals surface area contributed by atoms with Crippen LogP contribution in [0.3, 0.4) is 0 Å². The molecule has 19 heavy (non-hydrogen) atoms. The summed E-state index contributed by atoms with van der Waals surface area (Å²) in [6.07, 6.45) is 1.45. The lowest BCUT2D eigenvalue weighted by atomic mass is 9.81. The van der Waals surface area contributed by atoms with Crippen molar-refractivity contribution < 1.29 is 14.6 Å². The maximum atomic E-state index is 10.9. The fourth-order valence-electron chi connectivity index (χ4n) is 2.67. The SMILES string of the molecule is COc1cc(OC)cc(C2(O)CCN(C)C(C)C2)c1. The highest BCUT2D eigenvalue weighted by Gasteiger charge is 2.37. The van der Waals surface area contributed by atoms with Crippen LogP contribution in [-0.4, -0.2) is 43.9 Å². The third-order valence-electron chi connectivity index (χ3n) is 4.15. The van der Waals surface area contributed by atoms with Crippen molar-refractivity contribution >= 4 is 0 Å². The molecule has 4 nitrogen and oxygen atoms in total. The van der Waals surface area contributed by atoms with Gasteiger partial charge >= 0.3 is 0 Å². The molecule has 1 saturated heterocycles. The van der Waals surface area contributed by atoms with E-state index in [1.54, 1.807) is 14.2 Å². The Balaban J connectivity index is 2.34. The first-order chi connectivity index (χ1) is 8.98. The van der Waals surface area contributed by atoms with Gasteiger partial charge in [-0.1, -0.05) is 0 Å². The molecule has 1 aliphatic rings. The second kappa shape index (κ2) is 5.39. The zero-order valence-electron chi connectivity index (χ0n) is 12.1. The summed E-state index contributed by atoms with van der Waals surface area (Å²) in [5.41, 5.74) is 0.0805. The van der Waals surface area contributed by atoms with Crippen LogP contribution in [0.25, 0.3) is 0 Å². The summed E-state index contributed by atoms with van der Waals surface area (Å²) in [5.74, 6) is 1.43. The number of methoxy groups -OCH3 is 2. The lowest BCUT2D eigenvalue weighted by Gasteiger charge is -2.41. The zero-order valence-corrected chi connectivity index (χ0v) is 12.1. The van der Waals surface area contributed by atoms with Crippen molar-refractivity contribution in [3.05, 3.63) is 23.8 Å². The van der Waals surface area contributed by atoms with Gasteiger partial charge in [-0.3, -0.25) is 0 Å². The highest BCUT2D eigenvalue weighted by atomic mass is 16.5. The summed E-state index contributed by atoms with van der Waals surface area (Å²) in [6.45, 7) is 3.03. The molecule has 1 N–H and O–H groups in total. The van der Waals surface area contributed by atoms with Gasteiger partial charge in [0.15, 0.2) is 0 Å². The number of rotatable bonds is 3. The van der Waals surface area contributed by atoms with E-state index in [4.69, 9.17) is 9.47 Å². The zero-order chi connectivity index (χ0) is 14.0. The fourth-order valence-corrected chi connectivity index (χ4v) is 2.67. The third kappa shape index (κ3) is 2.85. The standard InChI is InChI=1S/C15H23NO3/c1-11-10-15(17,5-6-16(11)2)12-7-13(18-3)9-14(8-12)19-4/h7-9,11,17H,5-6,10H2,1-4H3. The molecule has 0 aliphatic carbocycles. The molecule has 1 aliphatic heterocycles. The third-order valence-corrected chi connectivity index (χ3v) is 4.15. The number of piperidine rings is 1. The van der Waals surface area contributed by atoms with Gasteiger partial charge in [0.1, 0.15) is 11.5 Å². The molecule has 2 unspecified atom stereocenters. The van der Waals surface area contributed by atoms with Gasteiger partial charge in [0.2, 0.25) is 0 Å². The lowest BCUT2D eigenvalue weighted by molar-refractivity contribution is -0.0410. The van der Waals surface area contributed by atoms with Crippen molar-refractivity contribution in [2.45, 2.75) is 31.4 Å². The molecular weight excluding hydrogens is 242 g/mol. The van der Waals surface area contributed by atoms with Crippen molar-refractivity contribution in [1.82, 2.24) is 4.90 Å². The molecule has 106 valence electrons. The Morgan fingerprint density at radius 1 is 1.21 bits per heavy atom. The van der Waals surface area contributed by atoms with E-state index < -0.39 is 5.60 Å². The molecule has 0 radical (unpaired) electrons. The van der Waals surface area contributed by atoms with Crippen LogP contribution in [0.4, 0.5) is 0 Å². The van der Waals surface area contributed by atoms with E-state index in [0.717, 1.165) is 24.9 Å². The monoisotopic (exact) mass is 265 g/mol. The summed E-state index contributed by atoms with van der Waals surface area (Å²) in [7, 11) is 5.34. The second-order valence-electron chi connectivity index (χ2n) is 5.42. The van der Waals surface area contributed by atoms with Crippen LogP contribution in [0.15, 0.2) is 18.2 Å². The van der Waals surface area contributed by atoms with Gasteiger partial charge in [0.05, 0.1) is 19.8 Å². The quantitative estimate of drug-likeness (QED) is 0.907. The Kier molecular flexibility index (Phi) is 4.02. The first-order valence-corrected chi connectivity index (χ1v) is 6.64. The van der Waals surface area contributed by atoms with E-state index in [9.17, 15) is 5.11 Å². The van der Waals surface area contributed by atoms with Crippen LogP contribution in [0.1, 0.15) is 25.3 Å². The Bertz CT molecular complexity index is 427. The molecule has 1 aromatic carbocycles. The Morgan fingerprint density at radius 2 is 1.79 bits per heavy atom. The van der Waals surface area contributed by atoms with E-state index in [1.165, 1.54) is 0 Å². The predicted octanol–water partition coefficient (Wildman–Crippen LogP) is 2.01. The topological polar surface area (TPSA) is 41.9 Å². The smallest absolute Gasteiger partial charge is 0.122 e. The van der Waals surface area contributed by atoms with E-state index in [-0.39, 0.29) is 0 Å². The second-order valence-corrected chi connectivity index (χ2v) is 5.42. The Hall–Kier alpha value is -1.26. The van der Waals surface area contributed by atoms with Gasteiger partial charge < -0.3 is 19.5 Å². The minimum absolute atomic E-state index is 0.357. The molecule has 0 amide bonds. The molecule has 2 rings (SSSR count). The maximum Gasteiger partial charge on any atom is 0.122 e. The largest absolute Gasteiger partial charge is 0.497 e. The first-order valence-electron chi connectivity index (χ1n) is 6.64. The van der Waals surface area contributed by atoms with E-state index >= 15 is 0 Å². The number of hydrogen-bond donors (Lipinski definition) is 1. The summed E-state index contributed by atoms with van der Waals surface area (Å²) in [5, 5.41) is 10.9. The van der Waals surface area contributed by atoms with Crippen molar-refractivity contribution in [3.8, 4) is 11.5 Å². The Labute approximate surface area is 114 Å². The van der Waals surface area contributed by atoms with E-state index in [2.05, 4.69) is 18.9 Å². The van der Waals surface area contributed by atoms with Gasteiger partial charge in [-0.05, 0) is 44.5 Å². The van der Waals surface area contributed by atoms with Crippen LogP contribution in [0.2, 0.25) is 0 Å². The van der Waals surface area contributed by atoms with Gasteiger partial charge in [-0.2, -0.15) is 0 Å². The van der Waals surface area contributed by atoms with Gasteiger partial charge in [-0.25, -0.2) is 0 Å². The number of benzene rings is 1. The van der Waals surface area contributed by atoms with Crippen molar-refractivity contribution in [2.75, 3.05) is 27.8 Å². The van der Waals surface area contributed by atoms with Crippen molar-refractivity contribution in [3.63, 3.8) is 0 Å². The maximum absolute atomic E-state index is 10.9. The Morgan fingerprint density at radius 3 is 2.26 bits per heavy atom. The molecule has 0 aromatic heterocycles. The van der Waals surface area contributed by atoms with Crippen LogP contribution < -0.4 is 9.47 Å². The average Bonchev–Trinajstić information content (AvgIpc) is 2.42. The highest BCUT2D eigenvalue weighted by Crippen LogP contribution is 2.38. The molecule has 4 heteroatoms. The minimum atomic E-state index is -0.798. The minimum Gasteiger partial charge on any atom is -0.497 e. The fraction of sp³-hybridized carbons (Fsp3) is 0.600. The summed E-state index contributed by atoms with van der Waals surface area (Å²) in [6, 6.07) is 5.99. The highest BCUT2D eigenvalue weighted by molar-refractivity contribution is 5.41. The van der Waals surface area contributed by atoms with Gasteiger partial charge in [0, 0.05) is 18.7 Å². The predicted molar refractivity (Wildman–Crippen MR) is 74.8 cm³/mol. The van der Waals surface area contributed by atoms with Crippen molar-refractivity contribution in [1.29, 1.82) is 0 Å². The molecule has 1 heterocycles. The normalized spacial score (nSPS) is 28.2. The first kappa shape index (κ1) is 14.2. The summed E-state index contributed by atoms with van der Waals surface area (Å²) in [4.78, 5) is 2.27. The van der Waals surface area contributed by atoms with E-state index in [1.807, 2.05) is 18.2 Å². The summed E-state index contributed by atoms with van der Waals surface area (Å²) < 4.78 is 10.6. The van der Waals surface area contributed by atoms with Crippen LogP contribution in [0.5, 0.6) is 11.5 Å². The number of aliphatic hydroxyl groups is 1. The molecular formula is C15H23NO3. The van der Waals surface area contributed by atoms with Gasteiger partial charge in [0.25, 0.3) is 0 Å². The number of nitrogens with zero attached hydrogens (tertiary/aromatic N) is 1. The molecule has 0 spiro atoms. The van der Waals surface area contributed by atoms with Crippen LogP contribution >= 0.6 is 0 Å². The van der Waals surface area contributed by atoms with E-state index in [0.29, 0.717) is 17.5 Å².